The number of likely N-dealkylation sites (tertiary alicyclic amines) is 1. The molecule has 0 spiro atoms. The third-order valence-corrected chi connectivity index (χ3v) is 1.95. The summed E-state index contributed by atoms with van der Waals surface area (Å²) in [6.45, 7) is 2.19. The number of amides is 1. The average molecular weight is 160 g/mol. The smallest absolute Gasteiger partial charge is 0.236 e. The Bertz CT molecular complexity index is 170. The molecule has 1 saturated heterocycles. The van der Waals surface area contributed by atoms with Gasteiger partial charge in [0.05, 0.1) is 13.1 Å². The van der Waals surface area contributed by atoms with Crippen molar-refractivity contribution < 1.29 is 9.18 Å². The Labute approximate surface area is 65.3 Å². The van der Waals surface area contributed by atoms with Gasteiger partial charge in [-0.15, -0.1) is 0 Å². The van der Waals surface area contributed by atoms with E-state index in [4.69, 9.17) is 5.73 Å². The van der Waals surface area contributed by atoms with Gasteiger partial charge in [-0.3, -0.25) is 4.79 Å². The topological polar surface area (TPSA) is 46.3 Å². The number of rotatable bonds is 1. The van der Waals surface area contributed by atoms with Gasteiger partial charge in [0, 0.05) is 13.0 Å². The van der Waals surface area contributed by atoms with Crippen LogP contribution in [-0.2, 0) is 4.79 Å². The Hall–Kier alpha value is -0.640. The molecule has 1 aliphatic heterocycles. The molecular weight excluding hydrogens is 147 g/mol. The molecule has 2 N–H and O–H groups in total. The number of halogens is 1. The highest BCUT2D eigenvalue weighted by Gasteiger charge is 2.35. The summed E-state index contributed by atoms with van der Waals surface area (Å²) in [5.74, 6) is -0.161. The van der Waals surface area contributed by atoms with Gasteiger partial charge in [0.15, 0.2) is 0 Å². The zero-order chi connectivity index (χ0) is 8.48. The molecule has 0 saturated carbocycles. The predicted molar refractivity (Wildman–Crippen MR) is 39.8 cm³/mol. The maximum atomic E-state index is 13.1. The standard InChI is InChI=1S/C7H13FN2O/c1-7(8)2-3-10(5-7)6(11)4-9/h2-5,9H2,1H3. The second-order valence-corrected chi connectivity index (χ2v) is 3.18. The van der Waals surface area contributed by atoms with Crippen LogP contribution in [0.1, 0.15) is 13.3 Å². The van der Waals surface area contributed by atoms with E-state index in [1.807, 2.05) is 0 Å². The molecule has 0 aromatic heterocycles. The fourth-order valence-electron chi connectivity index (χ4n) is 1.27. The van der Waals surface area contributed by atoms with Crippen molar-refractivity contribution in [3.05, 3.63) is 0 Å². The fourth-order valence-corrected chi connectivity index (χ4v) is 1.27. The summed E-state index contributed by atoms with van der Waals surface area (Å²) in [6.07, 6.45) is 0.429. The van der Waals surface area contributed by atoms with E-state index in [0.29, 0.717) is 13.0 Å². The van der Waals surface area contributed by atoms with Gasteiger partial charge in [0.25, 0.3) is 0 Å². The van der Waals surface area contributed by atoms with Gasteiger partial charge < -0.3 is 10.6 Å². The number of carbonyl (C=O) groups is 1. The molecule has 1 heterocycles. The van der Waals surface area contributed by atoms with Crippen molar-refractivity contribution >= 4 is 5.91 Å². The lowest BCUT2D eigenvalue weighted by Gasteiger charge is -2.16. The first-order chi connectivity index (χ1) is 5.05. The van der Waals surface area contributed by atoms with E-state index in [2.05, 4.69) is 0 Å². The van der Waals surface area contributed by atoms with Crippen LogP contribution in [0.3, 0.4) is 0 Å². The first-order valence-electron chi connectivity index (χ1n) is 3.72. The lowest BCUT2D eigenvalue weighted by atomic mass is 10.1. The molecule has 4 heteroatoms. The molecule has 0 radical (unpaired) electrons. The van der Waals surface area contributed by atoms with Gasteiger partial charge in [-0.2, -0.15) is 0 Å². The molecule has 0 aliphatic carbocycles. The van der Waals surface area contributed by atoms with Gasteiger partial charge in [-0.05, 0) is 6.92 Å². The van der Waals surface area contributed by atoms with Crippen molar-refractivity contribution in [2.75, 3.05) is 19.6 Å². The summed E-state index contributed by atoms with van der Waals surface area (Å²) in [5.41, 5.74) is 3.92. The Morgan fingerprint density at radius 1 is 1.82 bits per heavy atom. The Balaban J connectivity index is 2.48. The second kappa shape index (κ2) is 2.77. The molecular formula is C7H13FN2O. The van der Waals surface area contributed by atoms with E-state index in [1.54, 1.807) is 0 Å². The van der Waals surface area contributed by atoms with Crippen LogP contribution < -0.4 is 5.73 Å². The van der Waals surface area contributed by atoms with E-state index < -0.39 is 5.67 Å². The summed E-state index contributed by atoms with van der Waals surface area (Å²) in [5, 5.41) is 0. The third-order valence-electron chi connectivity index (χ3n) is 1.95. The zero-order valence-corrected chi connectivity index (χ0v) is 6.64. The minimum Gasteiger partial charge on any atom is -0.338 e. The van der Waals surface area contributed by atoms with Gasteiger partial charge in [0.2, 0.25) is 5.91 Å². The van der Waals surface area contributed by atoms with Crippen LogP contribution in [0.2, 0.25) is 0 Å². The van der Waals surface area contributed by atoms with Crippen LogP contribution in [0.25, 0.3) is 0 Å². The maximum absolute atomic E-state index is 13.1. The first kappa shape index (κ1) is 8.46. The Kier molecular flexibility index (Phi) is 2.13. The van der Waals surface area contributed by atoms with Crippen molar-refractivity contribution in [3.8, 4) is 0 Å². The summed E-state index contributed by atoms with van der Waals surface area (Å²) < 4.78 is 13.1. The number of hydrogen-bond donors (Lipinski definition) is 1. The van der Waals surface area contributed by atoms with E-state index >= 15 is 0 Å². The van der Waals surface area contributed by atoms with Crippen molar-refractivity contribution in [2.45, 2.75) is 19.0 Å². The van der Waals surface area contributed by atoms with Crippen LogP contribution in [0.4, 0.5) is 4.39 Å². The van der Waals surface area contributed by atoms with Crippen molar-refractivity contribution in [2.24, 2.45) is 5.73 Å². The fraction of sp³-hybridized carbons (Fsp3) is 0.857. The quantitative estimate of drug-likeness (QED) is 0.582. The molecule has 1 rings (SSSR count). The van der Waals surface area contributed by atoms with E-state index in [9.17, 15) is 9.18 Å². The van der Waals surface area contributed by atoms with Gasteiger partial charge in [-0.1, -0.05) is 0 Å². The predicted octanol–water partition coefficient (Wildman–Crippen LogP) is -0.0944. The molecule has 0 bridgehead atoms. The van der Waals surface area contributed by atoms with E-state index in [-0.39, 0.29) is 19.0 Å². The van der Waals surface area contributed by atoms with Crippen molar-refractivity contribution in [1.82, 2.24) is 4.90 Å². The van der Waals surface area contributed by atoms with Gasteiger partial charge in [0.1, 0.15) is 5.67 Å². The molecule has 3 nitrogen and oxygen atoms in total. The number of nitrogens with two attached hydrogens (primary N) is 1. The van der Waals surface area contributed by atoms with Crippen LogP contribution in [0, 0.1) is 0 Å². The summed E-state index contributed by atoms with van der Waals surface area (Å²) in [7, 11) is 0. The average Bonchev–Trinajstić information content (AvgIpc) is 2.29. The number of carbonyl (C=O) groups excluding carboxylic acids is 1. The Morgan fingerprint density at radius 2 is 2.45 bits per heavy atom. The maximum Gasteiger partial charge on any atom is 0.236 e. The minimum atomic E-state index is -1.20. The minimum absolute atomic E-state index is 0.0178. The van der Waals surface area contributed by atoms with Crippen LogP contribution in [0.5, 0.6) is 0 Å². The molecule has 0 aromatic rings. The molecule has 1 unspecified atom stereocenters. The van der Waals surface area contributed by atoms with Gasteiger partial charge in [-0.25, -0.2) is 4.39 Å². The van der Waals surface area contributed by atoms with Crippen molar-refractivity contribution in [1.29, 1.82) is 0 Å². The molecule has 64 valence electrons. The molecule has 0 aromatic carbocycles. The molecule has 11 heavy (non-hydrogen) atoms. The molecule has 1 fully saturated rings. The summed E-state index contributed by atoms with van der Waals surface area (Å²) >= 11 is 0. The monoisotopic (exact) mass is 160 g/mol. The second-order valence-electron chi connectivity index (χ2n) is 3.18. The normalized spacial score (nSPS) is 31.0. The lowest BCUT2D eigenvalue weighted by molar-refractivity contribution is -0.129. The van der Waals surface area contributed by atoms with Crippen LogP contribution >= 0.6 is 0 Å². The highest BCUT2D eigenvalue weighted by molar-refractivity contribution is 5.78. The zero-order valence-electron chi connectivity index (χ0n) is 6.64. The van der Waals surface area contributed by atoms with Crippen LogP contribution in [-0.4, -0.2) is 36.1 Å². The number of nitrogens with zero attached hydrogens (tertiary/aromatic N) is 1. The SMILES string of the molecule is CC1(F)CCN(C(=O)CN)C1. The molecule has 1 amide bonds. The molecule has 1 atom stereocenters. The summed E-state index contributed by atoms with van der Waals surface area (Å²) in [4.78, 5) is 12.4. The largest absolute Gasteiger partial charge is 0.338 e. The van der Waals surface area contributed by atoms with Gasteiger partial charge >= 0.3 is 0 Å². The van der Waals surface area contributed by atoms with Crippen molar-refractivity contribution in [3.63, 3.8) is 0 Å². The van der Waals surface area contributed by atoms with Crippen LogP contribution in [0.15, 0.2) is 0 Å². The lowest BCUT2D eigenvalue weighted by Crippen LogP contribution is -2.36. The number of hydrogen-bond acceptors (Lipinski definition) is 2. The third kappa shape index (κ3) is 1.89. The highest BCUT2D eigenvalue weighted by atomic mass is 19.1. The highest BCUT2D eigenvalue weighted by Crippen LogP contribution is 2.24. The van der Waals surface area contributed by atoms with E-state index in [1.165, 1.54) is 11.8 Å². The van der Waals surface area contributed by atoms with E-state index in [0.717, 1.165) is 0 Å². The molecule has 1 aliphatic rings. The first-order valence-corrected chi connectivity index (χ1v) is 3.72. The summed E-state index contributed by atoms with van der Waals surface area (Å²) in [6, 6.07) is 0. The number of alkyl halides is 1. The Morgan fingerprint density at radius 3 is 2.82 bits per heavy atom.